The first-order valence-corrected chi connectivity index (χ1v) is 9.77. The Kier molecular flexibility index (Phi) is 5.02. The summed E-state index contributed by atoms with van der Waals surface area (Å²) in [6.45, 7) is 4.08. The minimum Gasteiger partial charge on any atom is -0.454 e. The summed E-state index contributed by atoms with van der Waals surface area (Å²) in [5.74, 6) is 0.368. The Bertz CT molecular complexity index is 1050. The van der Waals surface area contributed by atoms with Crippen LogP contribution in [0.3, 0.4) is 0 Å². The highest BCUT2D eigenvalue weighted by Gasteiger charge is 2.50. The maximum absolute atomic E-state index is 12.9. The highest BCUT2D eigenvalue weighted by Crippen LogP contribution is 2.43. The maximum Gasteiger partial charge on any atom is 0.264 e. The second-order valence-corrected chi connectivity index (χ2v) is 7.73. The zero-order chi connectivity index (χ0) is 20.6. The lowest BCUT2D eigenvalue weighted by molar-refractivity contribution is -0.140. The van der Waals surface area contributed by atoms with Gasteiger partial charge >= 0.3 is 0 Å². The van der Waals surface area contributed by atoms with Gasteiger partial charge in [0.2, 0.25) is 6.79 Å². The van der Waals surface area contributed by atoms with Crippen molar-refractivity contribution in [2.24, 2.45) is 0 Å². The number of ether oxygens (including phenoxy) is 2. The highest BCUT2D eigenvalue weighted by atomic mass is 79.9. The van der Waals surface area contributed by atoms with Gasteiger partial charge in [-0.25, -0.2) is 0 Å². The molecule has 1 atom stereocenters. The number of halogens is 1. The number of allylic oxidation sites excluding steroid dienone is 1. The first-order chi connectivity index (χ1) is 13.9. The van der Waals surface area contributed by atoms with Gasteiger partial charge in [-0.1, -0.05) is 34.1 Å². The third-order valence-corrected chi connectivity index (χ3v) is 5.39. The van der Waals surface area contributed by atoms with Crippen LogP contribution in [0.25, 0.3) is 6.08 Å². The fraction of sp³-hybridized carbons (Fsp3) is 0.182. The first kappa shape index (κ1) is 19.4. The van der Waals surface area contributed by atoms with Crippen LogP contribution in [0, 0.1) is 0 Å². The van der Waals surface area contributed by atoms with Crippen molar-refractivity contribution in [2.45, 2.75) is 12.0 Å². The number of anilines is 1. The SMILES string of the molecule is C=CCN1C(=O)[C@@](O)(CC(=O)/C=C/c2ccc3c(c2)OCO3)c2cc(Br)ccc21. The van der Waals surface area contributed by atoms with E-state index in [4.69, 9.17) is 9.47 Å². The molecule has 0 aromatic heterocycles. The van der Waals surface area contributed by atoms with Gasteiger partial charge in [0.1, 0.15) is 0 Å². The van der Waals surface area contributed by atoms with Gasteiger partial charge in [-0.3, -0.25) is 9.59 Å². The lowest BCUT2D eigenvalue weighted by Gasteiger charge is -2.21. The molecule has 7 heteroatoms. The molecule has 29 heavy (non-hydrogen) atoms. The van der Waals surface area contributed by atoms with E-state index < -0.39 is 11.5 Å². The molecule has 0 aliphatic carbocycles. The largest absolute Gasteiger partial charge is 0.454 e. The number of carbonyl (C=O) groups is 2. The van der Waals surface area contributed by atoms with Crippen molar-refractivity contribution in [2.75, 3.05) is 18.2 Å². The Hall–Kier alpha value is -2.90. The fourth-order valence-electron chi connectivity index (χ4n) is 3.52. The average Bonchev–Trinajstić information content (AvgIpc) is 3.24. The monoisotopic (exact) mass is 455 g/mol. The van der Waals surface area contributed by atoms with Gasteiger partial charge in [0.05, 0.1) is 12.1 Å². The molecular formula is C22H18BrNO5. The van der Waals surface area contributed by atoms with Gasteiger partial charge < -0.3 is 19.5 Å². The number of nitrogens with zero attached hydrogens (tertiary/aromatic N) is 1. The van der Waals surface area contributed by atoms with Crippen molar-refractivity contribution in [3.05, 3.63) is 70.7 Å². The summed E-state index contributed by atoms with van der Waals surface area (Å²) in [5.41, 5.74) is -0.182. The Morgan fingerprint density at radius 2 is 2.03 bits per heavy atom. The molecule has 2 heterocycles. The molecule has 0 spiro atoms. The number of ketones is 1. The molecule has 1 amide bonds. The van der Waals surface area contributed by atoms with Crippen molar-refractivity contribution in [3.8, 4) is 11.5 Å². The molecule has 148 valence electrons. The number of benzene rings is 2. The minimum atomic E-state index is -1.92. The summed E-state index contributed by atoms with van der Waals surface area (Å²) in [6, 6.07) is 10.5. The summed E-state index contributed by atoms with van der Waals surface area (Å²) < 4.78 is 11.3. The van der Waals surface area contributed by atoms with E-state index in [1.165, 1.54) is 11.0 Å². The van der Waals surface area contributed by atoms with Crippen LogP contribution in [0.5, 0.6) is 11.5 Å². The van der Waals surface area contributed by atoms with Crippen molar-refractivity contribution in [1.82, 2.24) is 0 Å². The van der Waals surface area contributed by atoms with Crippen LogP contribution in [-0.4, -0.2) is 30.1 Å². The van der Waals surface area contributed by atoms with E-state index in [0.29, 0.717) is 27.2 Å². The van der Waals surface area contributed by atoms with E-state index in [0.717, 1.165) is 5.56 Å². The van der Waals surface area contributed by atoms with Crippen LogP contribution in [0.4, 0.5) is 5.69 Å². The summed E-state index contributed by atoms with van der Waals surface area (Å²) in [4.78, 5) is 27.0. The van der Waals surface area contributed by atoms with Gasteiger partial charge in [0.15, 0.2) is 22.9 Å². The third-order valence-electron chi connectivity index (χ3n) is 4.89. The fourth-order valence-corrected chi connectivity index (χ4v) is 3.88. The molecule has 0 saturated carbocycles. The van der Waals surface area contributed by atoms with Crippen LogP contribution < -0.4 is 14.4 Å². The lowest BCUT2D eigenvalue weighted by atomic mass is 9.89. The van der Waals surface area contributed by atoms with E-state index in [1.54, 1.807) is 48.6 Å². The molecule has 0 saturated heterocycles. The van der Waals surface area contributed by atoms with Gasteiger partial charge in [-0.05, 0) is 42.0 Å². The quantitative estimate of drug-likeness (QED) is 0.532. The third kappa shape index (κ3) is 3.47. The zero-order valence-corrected chi connectivity index (χ0v) is 17.0. The standard InChI is InChI=1S/C22H18BrNO5/c1-2-9-24-18-7-5-15(23)11-17(18)22(27,21(24)26)12-16(25)6-3-14-4-8-19-20(10-14)29-13-28-19/h2-8,10-11,27H,1,9,12-13H2/b6-3+/t22-/m1/s1. The molecular weight excluding hydrogens is 438 g/mol. The summed E-state index contributed by atoms with van der Waals surface area (Å²) in [6.07, 6.45) is 4.20. The van der Waals surface area contributed by atoms with E-state index >= 15 is 0 Å². The van der Waals surface area contributed by atoms with Crippen LogP contribution in [0.15, 0.2) is 59.6 Å². The molecule has 2 aromatic rings. The number of aliphatic hydroxyl groups is 1. The van der Waals surface area contributed by atoms with Gasteiger partial charge in [-0.15, -0.1) is 6.58 Å². The zero-order valence-electron chi connectivity index (χ0n) is 15.4. The van der Waals surface area contributed by atoms with Crippen LogP contribution in [0.2, 0.25) is 0 Å². The molecule has 0 fully saturated rings. The molecule has 6 nitrogen and oxygen atoms in total. The maximum atomic E-state index is 12.9. The van der Waals surface area contributed by atoms with Gasteiger partial charge in [0, 0.05) is 16.6 Å². The molecule has 0 radical (unpaired) electrons. The first-order valence-electron chi connectivity index (χ1n) is 8.98. The Balaban J connectivity index is 1.58. The van der Waals surface area contributed by atoms with Gasteiger partial charge in [0.25, 0.3) is 5.91 Å². The van der Waals surface area contributed by atoms with Crippen molar-refractivity contribution in [3.63, 3.8) is 0 Å². The summed E-state index contributed by atoms with van der Waals surface area (Å²) in [7, 11) is 0. The normalized spacial score (nSPS) is 19.7. The number of fused-ring (bicyclic) bond motifs is 2. The Morgan fingerprint density at radius 1 is 1.24 bits per heavy atom. The molecule has 2 aromatic carbocycles. The van der Waals surface area contributed by atoms with E-state index in [-0.39, 0.29) is 25.5 Å². The van der Waals surface area contributed by atoms with Crippen LogP contribution >= 0.6 is 15.9 Å². The number of rotatable bonds is 6. The summed E-state index contributed by atoms with van der Waals surface area (Å²) in [5, 5.41) is 11.2. The molecule has 2 aliphatic rings. The molecule has 0 unspecified atom stereocenters. The lowest BCUT2D eigenvalue weighted by Crippen LogP contribution is -2.41. The molecule has 4 rings (SSSR count). The molecule has 1 N–H and O–H groups in total. The number of hydrogen-bond donors (Lipinski definition) is 1. The number of amides is 1. The van der Waals surface area contributed by atoms with E-state index in [9.17, 15) is 14.7 Å². The number of carbonyl (C=O) groups excluding carboxylic acids is 2. The highest BCUT2D eigenvalue weighted by molar-refractivity contribution is 9.10. The Morgan fingerprint density at radius 3 is 2.83 bits per heavy atom. The topological polar surface area (TPSA) is 76.1 Å². The predicted octanol–water partition coefficient (Wildman–Crippen LogP) is 3.57. The Labute approximate surface area is 176 Å². The van der Waals surface area contributed by atoms with E-state index in [1.807, 2.05) is 0 Å². The van der Waals surface area contributed by atoms with Crippen molar-refractivity contribution in [1.29, 1.82) is 0 Å². The minimum absolute atomic E-state index is 0.173. The second-order valence-electron chi connectivity index (χ2n) is 6.82. The smallest absolute Gasteiger partial charge is 0.264 e. The summed E-state index contributed by atoms with van der Waals surface area (Å²) >= 11 is 3.37. The molecule has 2 aliphatic heterocycles. The molecule has 0 bridgehead atoms. The number of hydrogen-bond acceptors (Lipinski definition) is 5. The van der Waals surface area contributed by atoms with Crippen molar-refractivity contribution >= 4 is 39.4 Å². The van der Waals surface area contributed by atoms with Crippen molar-refractivity contribution < 1.29 is 24.2 Å². The van der Waals surface area contributed by atoms with E-state index in [2.05, 4.69) is 22.5 Å². The second kappa shape index (κ2) is 7.50. The van der Waals surface area contributed by atoms with Crippen LogP contribution in [0.1, 0.15) is 17.5 Å². The average molecular weight is 456 g/mol. The van der Waals surface area contributed by atoms with Gasteiger partial charge in [-0.2, -0.15) is 0 Å². The predicted molar refractivity (Wildman–Crippen MR) is 112 cm³/mol. The van der Waals surface area contributed by atoms with Crippen LogP contribution in [-0.2, 0) is 15.2 Å².